The van der Waals surface area contributed by atoms with Crippen molar-refractivity contribution in [2.45, 2.75) is 24.3 Å². The van der Waals surface area contributed by atoms with Gasteiger partial charge in [-0.1, -0.05) is 12.1 Å². The third kappa shape index (κ3) is 3.23. The van der Waals surface area contributed by atoms with E-state index in [0.29, 0.717) is 6.54 Å². The number of thioether (sulfide) groups is 1. The summed E-state index contributed by atoms with van der Waals surface area (Å²) in [5, 5.41) is 0. The number of fused-ring (bicyclic) bond motifs is 1. The predicted octanol–water partition coefficient (Wildman–Crippen LogP) is 1.77. The average Bonchev–Trinajstić information content (AvgIpc) is 2.25. The summed E-state index contributed by atoms with van der Waals surface area (Å²) < 4.78 is 24.5. The van der Waals surface area contributed by atoms with E-state index in [4.69, 9.17) is 0 Å². The first-order valence-corrected chi connectivity index (χ1v) is 8.11. The zero-order valence-corrected chi connectivity index (χ0v) is 10.8. The van der Waals surface area contributed by atoms with Crippen molar-refractivity contribution in [3.8, 4) is 0 Å². The summed E-state index contributed by atoms with van der Waals surface area (Å²) in [6, 6.07) is 6.20. The van der Waals surface area contributed by atoms with Crippen LogP contribution in [-0.4, -0.2) is 20.4 Å². The molecular formula is C11H15NO2S2. The van der Waals surface area contributed by atoms with E-state index in [9.17, 15) is 8.42 Å². The predicted molar refractivity (Wildman–Crippen MR) is 67.2 cm³/mol. The first-order chi connectivity index (χ1) is 7.54. The molecule has 0 amide bonds. The molecule has 5 heteroatoms. The highest BCUT2D eigenvalue weighted by Gasteiger charge is 2.10. The van der Waals surface area contributed by atoms with Crippen LogP contribution in [0.1, 0.15) is 17.5 Å². The van der Waals surface area contributed by atoms with Crippen molar-refractivity contribution in [2.75, 3.05) is 12.0 Å². The van der Waals surface area contributed by atoms with Crippen molar-refractivity contribution < 1.29 is 8.42 Å². The molecule has 88 valence electrons. The van der Waals surface area contributed by atoms with Gasteiger partial charge in [0.1, 0.15) is 0 Å². The molecule has 2 rings (SSSR count). The van der Waals surface area contributed by atoms with Gasteiger partial charge in [0.25, 0.3) is 0 Å². The topological polar surface area (TPSA) is 46.2 Å². The van der Waals surface area contributed by atoms with Gasteiger partial charge >= 0.3 is 0 Å². The van der Waals surface area contributed by atoms with Gasteiger partial charge < -0.3 is 0 Å². The van der Waals surface area contributed by atoms with Crippen molar-refractivity contribution >= 4 is 21.8 Å². The normalized spacial score (nSPS) is 15.8. The Hall–Kier alpha value is -0.520. The summed E-state index contributed by atoms with van der Waals surface area (Å²) in [7, 11) is -3.10. The Bertz CT molecular complexity index is 483. The standard InChI is InChI=1S/C11H15NO2S2/c1-16(13,14)12-8-9-4-5-11-10(7-9)3-2-6-15-11/h4-5,7,12H,2-3,6,8H2,1H3. The van der Waals surface area contributed by atoms with Crippen LogP contribution in [0, 0.1) is 0 Å². The molecule has 1 heterocycles. The zero-order chi connectivity index (χ0) is 11.6. The van der Waals surface area contributed by atoms with Crippen LogP contribution in [-0.2, 0) is 23.0 Å². The second-order valence-electron chi connectivity index (χ2n) is 3.99. The second kappa shape index (κ2) is 4.77. The fourth-order valence-electron chi connectivity index (χ4n) is 1.74. The van der Waals surface area contributed by atoms with Gasteiger partial charge in [0.15, 0.2) is 0 Å². The molecule has 16 heavy (non-hydrogen) atoms. The highest BCUT2D eigenvalue weighted by Crippen LogP contribution is 2.30. The van der Waals surface area contributed by atoms with Crippen LogP contribution >= 0.6 is 11.8 Å². The first-order valence-electron chi connectivity index (χ1n) is 5.24. The van der Waals surface area contributed by atoms with Crippen LogP contribution in [0.2, 0.25) is 0 Å². The molecule has 0 radical (unpaired) electrons. The van der Waals surface area contributed by atoms with Gasteiger partial charge in [-0.05, 0) is 35.8 Å². The van der Waals surface area contributed by atoms with Crippen molar-refractivity contribution in [3.63, 3.8) is 0 Å². The summed E-state index contributed by atoms with van der Waals surface area (Å²) in [5.74, 6) is 1.19. The molecule has 0 unspecified atom stereocenters. The molecule has 3 nitrogen and oxygen atoms in total. The Balaban J connectivity index is 2.11. The first kappa shape index (κ1) is 12.0. The van der Waals surface area contributed by atoms with Crippen molar-refractivity contribution in [3.05, 3.63) is 29.3 Å². The number of benzene rings is 1. The summed E-state index contributed by atoms with van der Waals surface area (Å²) >= 11 is 1.88. The maximum Gasteiger partial charge on any atom is 0.209 e. The van der Waals surface area contributed by atoms with Crippen molar-refractivity contribution in [1.29, 1.82) is 0 Å². The Labute approximate surface area is 101 Å². The summed E-state index contributed by atoms with van der Waals surface area (Å²) in [4.78, 5) is 1.34. The molecule has 0 fully saturated rings. The number of aryl methyl sites for hydroxylation is 1. The minimum absolute atomic E-state index is 0.386. The number of sulfonamides is 1. The third-order valence-corrected chi connectivity index (χ3v) is 4.38. The molecular weight excluding hydrogens is 242 g/mol. The maximum absolute atomic E-state index is 11.0. The molecule has 1 aliphatic rings. The Morgan fingerprint density at radius 2 is 2.25 bits per heavy atom. The number of nitrogens with one attached hydrogen (secondary N) is 1. The lowest BCUT2D eigenvalue weighted by atomic mass is 10.1. The minimum Gasteiger partial charge on any atom is -0.213 e. The number of hydrogen-bond acceptors (Lipinski definition) is 3. The molecule has 0 atom stereocenters. The fraction of sp³-hybridized carbons (Fsp3) is 0.455. The van der Waals surface area contributed by atoms with E-state index in [2.05, 4.69) is 16.9 Å². The molecule has 0 aromatic heterocycles. The molecule has 0 bridgehead atoms. The van der Waals surface area contributed by atoms with E-state index in [0.717, 1.165) is 12.0 Å². The van der Waals surface area contributed by atoms with Gasteiger partial charge in [0, 0.05) is 11.4 Å². The van der Waals surface area contributed by atoms with Gasteiger partial charge in [0.05, 0.1) is 6.26 Å². The molecule has 0 spiro atoms. The van der Waals surface area contributed by atoms with Gasteiger partial charge in [-0.15, -0.1) is 11.8 Å². The van der Waals surface area contributed by atoms with Crippen LogP contribution < -0.4 is 4.72 Å². The van der Waals surface area contributed by atoms with Gasteiger partial charge in [0.2, 0.25) is 10.0 Å². The third-order valence-electron chi connectivity index (χ3n) is 2.51. The molecule has 0 aliphatic carbocycles. The van der Waals surface area contributed by atoms with E-state index in [1.807, 2.05) is 17.8 Å². The zero-order valence-electron chi connectivity index (χ0n) is 9.19. The van der Waals surface area contributed by atoms with Crippen LogP contribution in [0.5, 0.6) is 0 Å². The summed E-state index contributed by atoms with van der Waals surface area (Å²) in [5.41, 5.74) is 2.38. The van der Waals surface area contributed by atoms with Gasteiger partial charge in [-0.25, -0.2) is 13.1 Å². The lowest BCUT2D eigenvalue weighted by Crippen LogP contribution is -2.21. The second-order valence-corrected chi connectivity index (χ2v) is 6.96. The van der Waals surface area contributed by atoms with Crippen LogP contribution in [0.25, 0.3) is 0 Å². The number of hydrogen-bond donors (Lipinski definition) is 1. The fourth-order valence-corrected chi connectivity index (χ4v) is 3.19. The molecule has 1 aromatic rings. The lowest BCUT2D eigenvalue weighted by molar-refractivity contribution is 0.587. The largest absolute Gasteiger partial charge is 0.213 e. The maximum atomic E-state index is 11.0. The summed E-state index contributed by atoms with van der Waals surface area (Å²) in [6.07, 6.45) is 3.50. The van der Waals surface area contributed by atoms with E-state index < -0.39 is 10.0 Å². The Kier molecular flexibility index (Phi) is 3.56. The van der Waals surface area contributed by atoms with Gasteiger partial charge in [-0.2, -0.15) is 0 Å². The SMILES string of the molecule is CS(=O)(=O)NCc1ccc2c(c1)CCCS2. The van der Waals surface area contributed by atoms with Crippen LogP contribution in [0.15, 0.2) is 23.1 Å². The van der Waals surface area contributed by atoms with E-state index in [1.54, 1.807) is 0 Å². The van der Waals surface area contributed by atoms with Crippen LogP contribution in [0.3, 0.4) is 0 Å². The van der Waals surface area contributed by atoms with Crippen molar-refractivity contribution in [1.82, 2.24) is 4.72 Å². The Morgan fingerprint density at radius 1 is 1.44 bits per heavy atom. The molecule has 0 saturated carbocycles. The minimum atomic E-state index is -3.10. The lowest BCUT2D eigenvalue weighted by Gasteiger charge is -2.16. The van der Waals surface area contributed by atoms with Gasteiger partial charge in [-0.3, -0.25) is 0 Å². The smallest absolute Gasteiger partial charge is 0.209 e. The number of rotatable bonds is 3. The quantitative estimate of drug-likeness (QED) is 0.897. The molecule has 0 saturated heterocycles. The Morgan fingerprint density at radius 3 is 3.00 bits per heavy atom. The van der Waals surface area contributed by atoms with Crippen LogP contribution in [0.4, 0.5) is 0 Å². The summed E-state index contributed by atoms with van der Waals surface area (Å²) in [6.45, 7) is 0.386. The molecule has 1 aromatic carbocycles. The molecule has 1 aliphatic heterocycles. The van der Waals surface area contributed by atoms with E-state index in [1.165, 1.54) is 28.9 Å². The van der Waals surface area contributed by atoms with E-state index >= 15 is 0 Å². The van der Waals surface area contributed by atoms with E-state index in [-0.39, 0.29) is 0 Å². The average molecular weight is 257 g/mol. The highest BCUT2D eigenvalue weighted by atomic mass is 32.2. The molecule has 1 N–H and O–H groups in total. The van der Waals surface area contributed by atoms with Crippen molar-refractivity contribution in [2.24, 2.45) is 0 Å². The highest BCUT2D eigenvalue weighted by molar-refractivity contribution is 7.99. The monoisotopic (exact) mass is 257 g/mol.